The van der Waals surface area contributed by atoms with Gasteiger partial charge in [-0.15, -0.1) is 0 Å². The van der Waals surface area contributed by atoms with Crippen LogP contribution in [0.15, 0.2) is 0 Å². The molecule has 8 heavy (non-hydrogen) atoms. The highest BCUT2D eigenvalue weighted by atomic mass is 16.1. The molecule has 0 rings (SSSR count). The summed E-state index contributed by atoms with van der Waals surface area (Å²) in [5, 5.41) is 7.96. The summed E-state index contributed by atoms with van der Waals surface area (Å²) >= 11 is 0. The van der Waals surface area contributed by atoms with Crippen molar-refractivity contribution in [1.29, 1.82) is 5.26 Å². The molecule has 2 heteroatoms. The van der Waals surface area contributed by atoms with Crippen LogP contribution in [0.4, 0.5) is 0 Å². The predicted octanol–water partition coefficient (Wildman–Crippen LogP) is 1.27. The third kappa shape index (κ3) is 3.35. The van der Waals surface area contributed by atoms with Gasteiger partial charge in [-0.25, -0.2) is 0 Å². The van der Waals surface area contributed by atoms with Gasteiger partial charge in [-0.1, -0.05) is 13.3 Å². The minimum atomic E-state index is -0.299. The lowest BCUT2D eigenvalue weighted by Gasteiger charge is -1.84. The molecule has 0 aromatic carbocycles. The number of carbonyl (C=O) groups excluding carboxylic acids is 1. The maximum Gasteiger partial charge on any atom is 0.231 e. The van der Waals surface area contributed by atoms with Crippen LogP contribution in [-0.4, -0.2) is 5.78 Å². The highest BCUT2D eigenvalue weighted by Crippen LogP contribution is 1.92. The minimum Gasteiger partial charge on any atom is -0.283 e. The lowest BCUT2D eigenvalue weighted by atomic mass is 10.2. The number of nitrogens with zero attached hydrogens (tertiary/aromatic N) is 1. The lowest BCUT2D eigenvalue weighted by molar-refractivity contribution is -0.114. The molecule has 0 unspecified atom stereocenters. The van der Waals surface area contributed by atoms with E-state index >= 15 is 0 Å². The first kappa shape index (κ1) is 7.16. The first-order chi connectivity index (χ1) is 3.81. The van der Waals surface area contributed by atoms with Crippen molar-refractivity contribution in [2.24, 2.45) is 0 Å². The summed E-state index contributed by atoms with van der Waals surface area (Å²) in [6, 6.07) is 1.56. The van der Waals surface area contributed by atoms with Crippen molar-refractivity contribution < 1.29 is 4.79 Å². The molecule has 0 bridgehead atoms. The van der Waals surface area contributed by atoms with E-state index in [9.17, 15) is 4.79 Å². The van der Waals surface area contributed by atoms with Crippen molar-refractivity contribution in [2.45, 2.75) is 26.2 Å². The van der Waals surface area contributed by atoms with Gasteiger partial charge >= 0.3 is 0 Å². The zero-order chi connectivity index (χ0) is 6.41. The normalized spacial score (nSPS) is 8.00. The number of nitriles is 1. The second kappa shape index (κ2) is 4.32. The number of rotatable bonds is 3. The quantitative estimate of drug-likeness (QED) is 0.514. The van der Waals surface area contributed by atoms with Crippen LogP contribution in [0, 0.1) is 11.3 Å². The van der Waals surface area contributed by atoms with Crippen LogP contribution < -0.4 is 0 Å². The van der Waals surface area contributed by atoms with E-state index < -0.39 is 0 Å². The number of hydrogen-bond donors (Lipinski definition) is 0. The Morgan fingerprint density at radius 2 is 2.38 bits per heavy atom. The molecule has 2 nitrogen and oxygen atoms in total. The van der Waals surface area contributed by atoms with Gasteiger partial charge in [-0.3, -0.25) is 4.79 Å². The fourth-order valence-electron chi connectivity index (χ4n) is 0.393. The van der Waals surface area contributed by atoms with Crippen LogP contribution in [0.1, 0.15) is 26.2 Å². The molecule has 0 heterocycles. The standard InChI is InChI=1S/C6H9NO/c1-2-3-4-6(8)5-7/h2-4H2,1H3. The average molecular weight is 111 g/mol. The Labute approximate surface area is 49.1 Å². The van der Waals surface area contributed by atoms with E-state index in [1.165, 1.54) is 0 Å². The van der Waals surface area contributed by atoms with Crippen LogP contribution in [0.5, 0.6) is 0 Å². The molecule has 0 aliphatic heterocycles. The molecular weight excluding hydrogens is 102 g/mol. The average Bonchev–Trinajstić information content (AvgIpc) is 1.83. The minimum absolute atomic E-state index is 0.299. The molecule has 0 saturated carbocycles. The Balaban J connectivity index is 3.16. The van der Waals surface area contributed by atoms with Gasteiger partial charge in [0.05, 0.1) is 0 Å². The van der Waals surface area contributed by atoms with Gasteiger partial charge in [-0.05, 0) is 6.42 Å². The molecule has 0 aromatic rings. The fourth-order valence-corrected chi connectivity index (χ4v) is 0.393. The SMILES string of the molecule is CCCCC(=O)C#N. The summed E-state index contributed by atoms with van der Waals surface area (Å²) in [5.74, 6) is -0.299. The first-order valence-electron chi connectivity index (χ1n) is 2.74. The van der Waals surface area contributed by atoms with E-state index in [-0.39, 0.29) is 5.78 Å². The molecule has 0 saturated heterocycles. The molecule has 0 aliphatic carbocycles. The number of carbonyl (C=O) groups is 1. The Hall–Kier alpha value is -0.840. The number of Topliss-reactive ketones (excluding diaryl/α,β-unsaturated/α-hetero) is 1. The highest BCUT2D eigenvalue weighted by molar-refractivity contribution is 5.93. The van der Waals surface area contributed by atoms with Crippen molar-refractivity contribution in [3.05, 3.63) is 0 Å². The lowest BCUT2D eigenvalue weighted by Crippen LogP contribution is -1.90. The van der Waals surface area contributed by atoms with Crippen molar-refractivity contribution in [2.75, 3.05) is 0 Å². The summed E-state index contributed by atoms with van der Waals surface area (Å²) in [7, 11) is 0. The smallest absolute Gasteiger partial charge is 0.231 e. The third-order valence-electron chi connectivity index (χ3n) is 0.882. The molecule has 0 amide bonds. The van der Waals surface area contributed by atoms with Crippen molar-refractivity contribution >= 4 is 5.78 Å². The molecule has 0 aliphatic rings. The van der Waals surface area contributed by atoms with Crippen LogP contribution >= 0.6 is 0 Å². The van der Waals surface area contributed by atoms with Crippen molar-refractivity contribution in [1.82, 2.24) is 0 Å². The highest BCUT2D eigenvalue weighted by Gasteiger charge is 1.94. The van der Waals surface area contributed by atoms with Crippen molar-refractivity contribution in [3.63, 3.8) is 0 Å². The Bertz CT molecular complexity index is 112. The Morgan fingerprint density at radius 1 is 1.75 bits per heavy atom. The third-order valence-corrected chi connectivity index (χ3v) is 0.882. The second-order valence-corrected chi connectivity index (χ2v) is 1.64. The van der Waals surface area contributed by atoms with E-state index in [1.807, 2.05) is 6.92 Å². The van der Waals surface area contributed by atoms with Gasteiger partial charge in [0.2, 0.25) is 5.78 Å². The summed E-state index contributed by atoms with van der Waals surface area (Å²) in [6.45, 7) is 1.99. The topological polar surface area (TPSA) is 40.9 Å². The number of unbranched alkanes of at least 4 members (excludes halogenated alkanes) is 1. The van der Waals surface area contributed by atoms with E-state index in [4.69, 9.17) is 5.26 Å². The molecular formula is C6H9NO. The van der Waals surface area contributed by atoms with Crippen LogP contribution in [0.2, 0.25) is 0 Å². The second-order valence-electron chi connectivity index (χ2n) is 1.64. The molecule has 0 radical (unpaired) electrons. The van der Waals surface area contributed by atoms with Crippen molar-refractivity contribution in [3.8, 4) is 6.07 Å². The number of ketones is 1. The van der Waals surface area contributed by atoms with Gasteiger partial charge in [-0.2, -0.15) is 5.26 Å². The maximum atomic E-state index is 10.2. The summed E-state index contributed by atoms with van der Waals surface area (Å²) in [5.41, 5.74) is 0. The monoisotopic (exact) mass is 111 g/mol. The van der Waals surface area contributed by atoms with Crippen LogP contribution in [-0.2, 0) is 4.79 Å². The van der Waals surface area contributed by atoms with Gasteiger partial charge in [0.15, 0.2) is 0 Å². The Kier molecular flexibility index (Phi) is 3.87. The number of hydrogen-bond acceptors (Lipinski definition) is 2. The van der Waals surface area contributed by atoms with Crippen LogP contribution in [0.3, 0.4) is 0 Å². The van der Waals surface area contributed by atoms with Gasteiger partial charge in [0, 0.05) is 6.42 Å². The largest absolute Gasteiger partial charge is 0.283 e. The van der Waals surface area contributed by atoms with Gasteiger partial charge in [0.1, 0.15) is 6.07 Å². The summed E-state index contributed by atoms with van der Waals surface area (Å²) in [6.07, 6.45) is 2.24. The van der Waals surface area contributed by atoms with E-state index in [0.29, 0.717) is 6.42 Å². The fraction of sp³-hybridized carbons (Fsp3) is 0.667. The molecule has 0 N–H and O–H groups in total. The zero-order valence-electron chi connectivity index (χ0n) is 4.98. The van der Waals surface area contributed by atoms with Crippen LogP contribution in [0.25, 0.3) is 0 Å². The molecule has 44 valence electrons. The molecule has 0 spiro atoms. The van der Waals surface area contributed by atoms with E-state index in [1.54, 1.807) is 6.07 Å². The van der Waals surface area contributed by atoms with E-state index in [2.05, 4.69) is 0 Å². The summed E-state index contributed by atoms with van der Waals surface area (Å²) < 4.78 is 0. The molecule has 0 aromatic heterocycles. The van der Waals surface area contributed by atoms with Gasteiger partial charge < -0.3 is 0 Å². The molecule has 0 fully saturated rings. The zero-order valence-corrected chi connectivity index (χ0v) is 4.98. The molecule has 0 atom stereocenters. The predicted molar refractivity (Wildman–Crippen MR) is 30.1 cm³/mol. The van der Waals surface area contributed by atoms with Gasteiger partial charge in [0.25, 0.3) is 0 Å². The maximum absolute atomic E-state index is 10.2. The summed E-state index contributed by atoms with van der Waals surface area (Å²) in [4.78, 5) is 10.2. The Morgan fingerprint density at radius 3 is 2.75 bits per heavy atom. The van der Waals surface area contributed by atoms with E-state index in [0.717, 1.165) is 12.8 Å². The first-order valence-corrected chi connectivity index (χ1v) is 2.74.